The van der Waals surface area contributed by atoms with Crippen LogP contribution in [-0.2, 0) is 0 Å². The van der Waals surface area contributed by atoms with Gasteiger partial charge in [-0.15, -0.1) is 0 Å². The Labute approximate surface area is 181 Å². The zero-order chi connectivity index (χ0) is 21.0. The van der Waals surface area contributed by atoms with Crippen LogP contribution in [0.1, 0.15) is 92.4 Å². The highest BCUT2D eigenvalue weighted by Gasteiger charge is 2.82. The lowest BCUT2D eigenvalue weighted by atomic mass is 9.42. The van der Waals surface area contributed by atoms with Crippen LogP contribution in [0.2, 0.25) is 0 Å². The van der Waals surface area contributed by atoms with E-state index in [4.69, 9.17) is 0 Å². The quantitative estimate of drug-likeness (QED) is 0.628. The van der Waals surface area contributed by atoms with Gasteiger partial charge in [0.15, 0.2) is 0 Å². The first-order valence-electron chi connectivity index (χ1n) is 12.8. The minimum atomic E-state index is 0.459. The normalized spacial score (nSPS) is 56.2. The molecule has 0 aromatic carbocycles. The topological polar surface area (TPSA) is 15.3 Å². The number of fused-ring (bicyclic) bond motifs is 2. The lowest BCUT2D eigenvalue weighted by molar-refractivity contribution is -0.146. The van der Waals surface area contributed by atoms with E-state index in [1.165, 1.54) is 51.4 Å². The lowest BCUT2D eigenvalue weighted by Gasteiger charge is -2.63. The highest BCUT2D eigenvalue weighted by Crippen LogP contribution is 2.88. The first-order chi connectivity index (χ1) is 13.5. The van der Waals surface area contributed by atoms with Crippen LogP contribution >= 0.6 is 0 Å². The van der Waals surface area contributed by atoms with E-state index in [1.54, 1.807) is 6.42 Å². The zero-order valence-corrected chi connectivity index (χ0v) is 20.7. The molecule has 1 N–H and O–H groups in total. The van der Waals surface area contributed by atoms with Gasteiger partial charge in [0.2, 0.25) is 0 Å². The Balaban J connectivity index is 1.49. The Bertz CT molecular complexity index is 684. The van der Waals surface area contributed by atoms with Gasteiger partial charge in [0.1, 0.15) is 0 Å². The highest BCUT2D eigenvalue weighted by molar-refractivity contribution is 5.31. The average Bonchev–Trinajstić information content (AvgIpc) is 3.24. The molecule has 5 saturated carbocycles. The summed E-state index contributed by atoms with van der Waals surface area (Å²) in [6.45, 7) is 13.2. The van der Waals surface area contributed by atoms with E-state index in [0.29, 0.717) is 39.2 Å². The Hall–Kier alpha value is -0.0800. The van der Waals surface area contributed by atoms with Crippen molar-refractivity contribution in [1.29, 1.82) is 0 Å². The molecule has 5 fully saturated rings. The molecule has 0 unspecified atom stereocenters. The molecule has 0 aromatic rings. The summed E-state index contributed by atoms with van der Waals surface area (Å²) in [5, 5.41) is 3.71. The lowest BCUT2D eigenvalue weighted by Crippen LogP contribution is -2.59. The van der Waals surface area contributed by atoms with E-state index < -0.39 is 0 Å². The van der Waals surface area contributed by atoms with E-state index >= 15 is 0 Å². The Morgan fingerprint density at radius 2 is 1.45 bits per heavy atom. The molecule has 2 spiro atoms. The third kappa shape index (κ3) is 2.22. The molecule has 2 heteroatoms. The van der Waals surface area contributed by atoms with Crippen molar-refractivity contribution in [2.45, 2.75) is 104 Å². The van der Waals surface area contributed by atoms with Crippen LogP contribution in [0.25, 0.3) is 0 Å². The van der Waals surface area contributed by atoms with Crippen molar-refractivity contribution in [2.24, 2.45) is 44.8 Å². The van der Waals surface area contributed by atoms with Crippen LogP contribution in [0.15, 0.2) is 0 Å². The highest BCUT2D eigenvalue weighted by atomic mass is 15.1. The molecular formula is C27H48N2. The molecule has 5 rings (SSSR count). The van der Waals surface area contributed by atoms with Gasteiger partial charge in [0.05, 0.1) is 0 Å². The summed E-state index contributed by atoms with van der Waals surface area (Å²) in [7, 11) is 6.81. The first kappa shape index (κ1) is 20.8. The summed E-state index contributed by atoms with van der Waals surface area (Å²) in [5.41, 5.74) is 2.97. The van der Waals surface area contributed by atoms with Gasteiger partial charge < -0.3 is 10.2 Å². The van der Waals surface area contributed by atoms with Crippen LogP contribution in [0.5, 0.6) is 0 Å². The van der Waals surface area contributed by atoms with Crippen LogP contribution in [-0.4, -0.2) is 38.1 Å². The molecule has 2 nitrogen and oxygen atoms in total. The van der Waals surface area contributed by atoms with Gasteiger partial charge in [-0.05, 0) is 131 Å². The Kier molecular flexibility index (Phi) is 4.33. The van der Waals surface area contributed by atoms with Crippen LogP contribution in [0.3, 0.4) is 0 Å². The predicted molar refractivity (Wildman–Crippen MR) is 123 cm³/mol. The summed E-state index contributed by atoms with van der Waals surface area (Å²) in [6, 6.07) is 1.43. The molecule has 0 bridgehead atoms. The van der Waals surface area contributed by atoms with Gasteiger partial charge in [-0.3, -0.25) is 0 Å². The van der Waals surface area contributed by atoms with Gasteiger partial charge in [-0.2, -0.15) is 0 Å². The maximum atomic E-state index is 3.71. The average molecular weight is 401 g/mol. The minimum absolute atomic E-state index is 0.459. The van der Waals surface area contributed by atoms with Crippen LogP contribution in [0, 0.1) is 44.8 Å². The van der Waals surface area contributed by atoms with Crippen molar-refractivity contribution in [3.05, 3.63) is 0 Å². The second-order valence-electron chi connectivity index (χ2n) is 13.6. The van der Waals surface area contributed by atoms with Gasteiger partial charge in [0.25, 0.3) is 0 Å². The monoisotopic (exact) mass is 400 g/mol. The van der Waals surface area contributed by atoms with Gasteiger partial charge in [-0.1, -0.05) is 27.7 Å². The number of hydrogen-bond donors (Lipinski definition) is 1. The fourth-order valence-electron chi connectivity index (χ4n) is 11.1. The summed E-state index contributed by atoms with van der Waals surface area (Å²) in [4.78, 5) is 2.50. The molecule has 0 heterocycles. The van der Waals surface area contributed by atoms with Crippen LogP contribution in [0.4, 0.5) is 0 Å². The molecule has 166 valence electrons. The second kappa shape index (κ2) is 6.03. The second-order valence-corrected chi connectivity index (χ2v) is 13.6. The summed E-state index contributed by atoms with van der Waals surface area (Å²) in [6.07, 6.45) is 13.5. The van der Waals surface area contributed by atoms with Crippen molar-refractivity contribution in [2.75, 3.05) is 21.1 Å². The van der Waals surface area contributed by atoms with Gasteiger partial charge in [-0.25, -0.2) is 0 Å². The van der Waals surface area contributed by atoms with Crippen molar-refractivity contribution in [1.82, 2.24) is 10.2 Å². The summed E-state index contributed by atoms with van der Waals surface area (Å²) in [5.74, 6) is 2.82. The number of nitrogens with zero attached hydrogens (tertiary/aromatic N) is 1. The van der Waals surface area contributed by atoms with E-state index in [2.05, 4.69) is 66.0 Å². The summed E-state index contributed by atoms with van der Waals surface area (Å²) < 4.78 is 0. The standard InChI is InChI=1S/C27H48N2/c1-18(29(7)8)19-11-13-25(5)21-10-9-20-23(2,3)22(28-6)12-14-26(20)17-27(21,26)16-15-24(19,25)4/h18-22,28H,9-17H2,1-8H3/t18-,19+,20-,21+,22-,24+,25+,26+,27-/m0/s1. The Morgan fingerprint density at radius 1 is 0.793 bits per heavy atom. The van der Waals surface area contributed by atoms with Gasteiger partial charge >= 0.3 is 0 Å². The number of hydrogen-bond acceptors (Lipinski definition) is 2. The molecule has 0 radical (unpaired) electrons. The van der Waals surface area contributed by atoms with E-state index in [1.807, 2.05) is 0 Å². The third-order valence-electron chi connectivity index (χ3n) is 13.0. The van der Waals surface area contributed by atoms with E-state index in [9.17, 15) is 0 Å². The fraction of sp³-hybridized carbons (Fsp3) is 1.00. The molecule has 0 aromatic heterocycles. The number of nitrogens with one attached hydrogen (secondary N) is 1. The molecule has 0 aliphatic heterocycles. The summed E-state index contributed by atoms with van der Waals surface area (Å²) >= 11 is 0. The molecule has 9 atom stereocenters. The van der Waals surface area contributed by atoms with Crippen molar-refractivity contribution in [3.8, 4) is 0 Å². The molecule has 5 aliphatic rings. The fourth-order valence-corrected chi connectivity index (χ4v) is 11.1. The maximum absolute atomic E-state index is 3.71. The molecule has 5 aliphatic carbocycles. The molecular weight excluding hydrogens is 352 g/mol. The maximum Gasteiger partial charge on any atom is 0.0118 e. The predicted octanol–water partition coefficient (Wildman–Crippen LogP) is 5.96. The first-order valence-corrected chi connectivity index (χ1v) is 12.8. The largest absolute Gasteiger partial charge is 0.316 e. The molecule has 29 heavy (non-hydrogen) atoms. The van der Waals surface area contributed by atoms with E-state index in [-0.39, 0.29) is 0 Å². The van der Waals surface area contributed by atoms with Crippen molar-refractivity contribution < 1.29 is 0 Å². The molecule has 0 amide bonds. The van der Waals surface area contributed by atoms with Crippen molar-refractivity contribution >= 4 is 0 Å². The minimum Gasteiger partial charge on any atom is -0.316 e. The van der Waals surface area contributed by atoms with Crippen LogP contribution < -0.4 is 5.32 Å². The zero-order valence-electron chi connectivity index (χ0n) is 20.7. The molecule has 0 saturated heterocycles. The Morgan fingerprint density at radius 3 is 2.10 bits per heavy atom. The van der Waals surface area contributed by atoms with Crippen molar-refractivity contribution in [3.63, 3.8) is 0 Å². The van der Waals surface area contributed by atoms with Gasteiger partial charge in [0, 0.05) is 12.1 Å². The third-order valence-corrected chi connectivity index (χ3v) is 13.0. The number of rotatable bonds is 3. The SMILES string of the molecule is CN[C@H]1CC[C@]23C[C@]24CC[C@]2(C)[C@@H]([C@H](C)N(C)C)CC[C@]2(C)[C@H]4CC[C@H]3C1(C)C. The van der Waals surface area contributed by atoms with E-state index in [0.717, 1.165) is 17.8 Å². The smallest absolute Gasteiger partial charge is 0.0118 e.